The van der Waals surface area contributed by atoms with E-state index in [0.717, 1.165) is 14.2 Å². The Balaban J connectivity index is 1.85. The van der Waals surface area contributed by atoms with Gasteiger partial charge in [-0.2, -0.15) is 0 Å². The van der Waals surface area contributed by atoms with Crippen LogP contribution in [0.5, 0.6) is 0 Å². The van der Waals surface area contributed by atoms with E-state index in [9.17, 15) is 9.90 Å². The van der Waals surface area contributed by atoms with Crippen LogP contribution in [0.25, 0.3) is 0 Å². The van der Waals surface area contributed by atoms with Gasteiger partial charge >= 0.3 is 0 Å². The predicted molar refractivity (Wildman–Crippen MR) is 103 cm³/mol. The largest absolute Gasteiger partial charge is 0.377 e. The number of thiophene rings is 2. The molecule has 0 fully saturated rings. The van der Waals surface area contributed by atoms with Crippen LogP contribution in [0.1, 0.15) is 20.1 Å². The highest BCUT2D eigenvalue weighted by Crippen LogP contribution is 2.35. The number of hydrogen-bond acceptors (Lipinski definition) is 4. The summed E-state index contributed by atoms with van der Waals surface area (Å²) in [5.74, 6) is -0.326. The van der Waals surface area contributed by atoms with Crippen molar-refractivity contribution in [3.8, 4) is 0 Å². The molecule has 0 saturated heterocycles. The zero-order valence-corrected chi connectivity index (χ0v) is 16.3. The third-order valence-electron chi connectivity index (χ3n) is 3.54. The van der Waals surface area contributed by atoms with Crippen molar-refractivity contribution < 1.29 is 9.90 Å². The van der Waals surface area contributed by atoms with Gasteiger partial charge in [0.1, 0.15) is 5.60 Å². The zero-order valence-electron chi connectivity index (χ0n) is 12.3. The van der Waals surface area contributed by atoms with Crippen LogP contribution < -0.4 is 5.32 Å². The van der Waals surface area contributed by atoms with Gasteiger partial charge in [-0.15, -0.1) is 22.7 Å². The Bertz CT molecular complexity index is 800. The number of carbonyl (C=O) groups is 1. The molecular weight excluding hydrogens is 430 g/mol. The normalized spacial score (nSPS) is 11.5. The Labute approximate surface area is 161 Å². The van der Waals surface area contributed by atoms with Crippen molar-refractivity contribution in [1.82, 2.24) is 5.32 Å². The number of nitrogens with one attached hydrogen (secondary N) is 1. The number of aliphatic hydroxyl groups is 1. The maximum atomic E-state index is 12.5. The summed E-state index contributed by atoms with van der Waals surface area (Å²) in [7, 11) is 0. The van der Waals surface area contributed by atoms with Gasteiger partial charge in [-0.3, -0.25) is 4.79 Å². The second kappa shape index (κ2) is 7.37. The summed E-state index contributed by atoms with van der Waals surface area (Å²) >= 11 is 12.3. The quantitative estimate of drug-likeness (QED) is 0.591. The fourth-order valence-electron chi connectivity index (χ4n) is 2.30. The summed E-state index contributed by atoms with van der Waals surface area (Å²) in [5.41, 5.74) is -0.887. The van der Waals surface area contributed by atoms with Gasteiger partial charge in [-0.05, 0) is 41.1 Å². The molecule has 2 N–H and O–H groups in total. The smallest absolute Gasteiger partial charge is 0.252 e. The first-order chi connectivity index (χ1) is 11.5. The summed E-state index contributed by atoms with van der Waals surface area (Å²) in [6, 6.07) is 12.6. The van der Waals surface area contributed by atoms with E-state index in [-0.39, 0.29) is 12.5 Å². The van der Waals surface area contributed by atoms with Crippen molar-refractivity contribution in [3.05, 3.63) is 78.0 Å². The molecule has 1 aromatic carbocycles. The van der Waals surface area contributed by atoms with Crippen LogP contribution in [0.15, 0.2) is 57.7 Å². The van der Waals surface area contributed by atoms with Crippen LogP contribution in [-0.2, 0) is 5.60 Å². The lowest BCUT2D eigenvalue weighted by Crippen LogP contribution is -2.40. The van der Waals surface area contributed by atoms with Crippen LogP contribution in [0.3, 0.4) is 0 Å². The van der Waals surface area contributed by atoms with Gasteiger partial charge < -0.3 is 10.4 Å². The summed E-state index contributed by atoms with van der Waals surface area (Å²) in [6.45, 7) is 0.0652. The molecule has 0 radical (unpaired) electrons. The summed E-state index contributed by atoms with van der Waals surface area (Å²) in [5, 5.41) is 18.2. The molecule has 0 atom stereocenters. The Morgan fingerprint density at radius 3 is 2.33 bits per heavy atom. The van der Waals surface area contributed by atoms with Crippen LogP contribution in [0.4, 0.5) is 0 Å². The lowest BCUT2D eigenvalue weighted by molar-refractivity contribution is 0.0739. The van der Waals surface area contributed by atoms with Crippen molar-refractivity contribution in [2.24, 2.45) is 0 Å². The highest BCUT2D eigenvalue weighted by atomic mass is 79.9. The number of benzene rings is 1. The minimum Gasteiger partial charge on any atom is -0.377 e. The van der Waals surface area contributed by atoms with Crippen LogP contribution in [0.2, 0.25) is 5.02 Å². The van der Waals surface area contributed by atoms with Gasteiger partial charge in [0, 0.05) is 14.2 Å². The third kappa shape index (κ3) is 3.58. The SMILES string of the molecule is O=C(NCC(O)(c1cccs1)c1cccs1)c1cc(Br)ccc1Cl. The van der Waals surface area contributed by atoms with Crippen molar-refractivity contribution >= 4 is 56.1 Å². The Morgan fingerprint density at radius 1 is 1.17 bits per heavy atom. The molecule has 0 aliphatic rings. The monoisotopic (exact) mass is 441 g/mol. The maximum Gasteiger partial charge on any atom is 0.252 e. The Kier molecular flexibility index (Phi) is 5.42. The molecular formula is C17H13BrClNO2S2. The average molecular weight is 443 g/mol. The fourth-order valence-corrected chi connectivity index (χ4v) is 4.60. The molecule has 2 heterocycles. The van der Waals surface area contributed by atoms with E-state index >= 15 is 0 Å². The molecule has 0 saturated carbocycles. The van der Waals surface area contributed by atoms with E-state index in [1.54, 1.807) is 18.2 Å². The standard InChI is InChI=1S/C17H13BrClNO2S2/c18-11-5-6-13(19)12(9-11)16(21)20-10-17(22,14-3-1-7-23-14)15-4-2-8-24-15/h1-9,22H,10H2,(H,20,21). The lowest BCUT2D eigenvalue weighted by Gasteiger charge is -2.26. The first-order valence-corrected chi connectivity index (χ1v) is 9.97. The van der Waals surface area contributed by atoms with Gasteiger partial charge in [0.15, 0.2) is 0 Å². The first kappa shape index (κ1) is 17.6. The minimum absolute atomic E-state index is 0.0652. The lowest BCUT2D eigenvalue weighted by atomic mass is 9.99. The van der Waals surface area contributed by atoms with E-state index in [0.29, 0.717) is 10.6 Å². The molecule has 0 unspecified atom stereocenters. The molecule has 3 rings (SSSR count). The highest BCUT2D eigenvalue weighted by Gasteiger charge is 2.34. The van der Waals surface area contributed by atoms with Gasteiger partial charge in [-0.25, -0.2) is 0 Å². The number of halogens is 2. The highest BCUT2D eigenvalue weighted by molar-refractivity contribution is 9.10. The molecule has 7 heteroatoms. The summed E-state index contributed by atoms with van der Waals surface area (Å²) in [4.78, 5) is 14.0. The maximum absolute atomic E-state index is 12.5. The minimum atomic E-state index is -1.25. The van der Waals surface area contributed by atoms with Crippen LogP contribution in [0, 0.1) is 0 Å². The molecule has 3 aromatic rings. The van der Waals surface area contributed by atoms with Crippen molar-refractivity contribution in [3.63, 3.8) is 0 Å². The second-order valence-electron chi connectivity index (χ2n) is 5.12. The van der Waals surface area contributed by atoms with Gasteiger partial charge in [0.25, 0.3) is 5.91 Å². The third-order valence-corrected chi connectivity index (χ3v) is 6.40. The second-order valence-corrected chi connectivity index (χ2v) is 8.34. The van der Waals surface area contributed by atoms with Gasteiger partial charge in [0.05, 0.1) is 17.1 Å². The van der Waals surface area contributed by atoms with Crippen LogP contribution in [-0.4, -0.2) is 17.6 Å². The molecule has 0 spiro atoms. The van der Waals surface area contributed by atoms with Gasteiger partial charge in [-0.1, -0.05) is 39.7 Å². The number of rotatable bonds is 5. The predicted octanol–water partition coefficient (Wildman–Crippen LogP) is 4.89. The molecule has 24 heavy (non-hydrogen) atoms. The molecule has 1 amide bonds. The van der Waals surface area contributed by atoms with E-state index in [2.05, 4.69) is 21.2 Å². The Hall–Kier alpha value is -1.18. The molecule has 124 valence electrons. The topological polar surface area (TPSA) is 49.3 Å². The van der Waals surface area contributed by atoms with Crippen LogP contribution >= 0.6 is 50.2 Å². The van der Waals surface area contributed by atoms with E-state index in [4.69, 9.17) is 11.6 Å². The molecule has 3 nitrogen and oxygen atoms in total. The summed E-state index contributed by atoms with van der Waals surface area (Å²) < 4.78 is 0.767. The molecule has 0 aliphatic carbocycles. The van der Waals surface area contributed by atoms with Crippen molar-refractivity contribution in [1.29, 1.82) is 0 Å². The number of carbonyl (C=O) groups excluding carboxylic acids is 1. The summed E-state index contributed by atoms with van der Waals surface area (Å²) in [6.07, 6.45) is 0. The Morgan fingerprint density at radius 2 is 1.79 bits per heavy atom. The van der Waals surface area contributed by atoms with Gasteiger partial charge in [0.2, 0.25) is 0 Å². The van der Waals surface area contributed by atoms with E-state index in [1.165, 1.54) is 22.7 Å². The fraction of sp³-hybridized carbons (Fsp3) is 0.118. The molecule has 0 bridgehead atoms. The van der Waals surface area contributed by atoms with E-state index < -0.39 is 5.60 Å². The molecule has 2 aromatic heterocycles. The zero-order chi connectivity index (χ0) is 17.2. The first-order valence-electron chi connectivity index (χ1n) is 7.04. The van der Waals surface area contributed by atoms with Crippen molar-refractivity contribution in [2.45, 2.75) is 5.60 Å². The number of amides is 1. The number of hydrogen-bond donors (Lipinski definition) is 2. The average Bonchev–Trinajstić information content (AvgIpc) is 3.28. The molecule has 0 aliphatic heterocycles. The van der Waals surface area contributed by atoms with E-state index in [1.807, 2.05) is 35.0 Å². The van der Waals surface area contributed by atoms with Crippen molar-refractivity contribution in [2.75, 3.05) is 6.54 Å².